The fraction of sp³-hybridized carbons (Fsp3) is 0.300. The van der Waals surface area contributed by atoms with E-state index in [1.54, 1.807) is 11.4 Å². The molecule has 0 saturated heterocycles. The van der Waals surface area contributed by atoms with Gasteiger partial charge in [-0.3, -0.25) is 9.59 Å². The van der Waals surface area contributed by atoms with Crippen molar-refractivity contribution in [1.82, 2.24) is 5.32 Å². The highest BCUT2D eigenvalue weighted by molar-refractivity contribution is 9.10. The van der Waals surface area contributed by atoms with Gasteiger partial charge >= 0.3 is 5.97 Å². The van der Waals surface area contributed by atoms with Crippen LogP contribution in [0.4, 0.5) is 0 Å². The molecule has 4 N–H and O–H groups in total. The number of amides is 2. The number of nitrogens with two attached hydrogens (primary N) is 1. The summed E-state index contributed by atoms with van der Waals surface area (Å²) < 4.78 is 0.601. The molecular weight excluding hydrogens is 324 g/mol. The number of aliphatic carboxylic acids is 1. The maximum absolute atomic E-state index is 11.8. The summed E-state index contributed by atoms with van der Waals surface area (Å²) in [6.07, 6.45) is -0.123. The Morgan fingerprint density at radius 2 is 2.17 bits per heavy atom. The van der Waals surface area contributed by atoms with Crippen LogP contribution in [0, 0.1) is 0 Å². The Balaban J connectivity index is 2.67. The predicted molar refractivity (Wildman–Crippen MR) is 69.3 cm³/mol. The third-order valence-electron chi connectivity index (χ3n) is 2.11. The Bertz CT molecular complexity index is 474. The zero-order valence-corrected chi connectivity index (χ0v) is 11.6. The van der Waals surface area contributed by atoms with Gasteiger partial charge in [0.2, 0.25) is 5.91 Å². The van der Waals surface area contributed by atoms with Crippen molar-refractivity contribution in [3.63, 3.8) is 0 Å². The van der Waals surface area contributed by atoms with Gasteiger partial charge in [-0.25, -0.2) is 4.79 Å². The van der Waals surface area contributed by atoms with Crippen molar-refractivity contribution in [2.75, 3.05) is 0 Å². The zero-order valence-electron chi connectivity index (χ0n) is 9.18. The van der Waals surface area contributed by atoms with Gasteiger partial charge in [-0.15, -0.1) is 11.3 Å². The molecule has 1 heterocycles. The van der Waals surface area contributed by atoms with Gasteiger partial charge in [0.05, 0.1) is 0 Å². The lowest BCUT2D eigenvalue weighted by molar-refractivity contribution is -0.139. The Hall–Kier alpha value is -1.41. The lowest BCUT2D eigenvalue weighted by Gasteiger charge is -2.13. The van der Waals surface area contributed by atoms with Gasteiger partial charge in [0.25, 0.3) is 5.91 Å². The van der Waals surface area contributed by atoms with Crippen molar-refractivity contribution >= 4 is 45.1 Å². The van der Waals surface area contributed by atoms with Crippen LogP contribution < -0.4 is 11.1 Å². The fourth-order valence-corrected chi connectivity index (χ4v) is 2.68. The first-order chi connectivity index (χ1) is 8.41. The van der Waals surface area contributed by atoms with E-state index in [0.717, 1.165) is 0 Å². The Kier molecular flexibility index (Phi) is 5.29. The van der Waals surface area contributed by atoms with Crippen molar-refractivity contribution < 1.29 is 19.5 Å². The lowest BCUT2D eigenvalue weighted by Crippen LogP contribution is -2.41. The summed E-state index contributed by atoms with van der Waals surface area (Å²) in [5.74, 6) is -2.29. The quantitative estimate of drug-likeness (QED) is 0.719. The number of thiophene rings is 1. The molecule has 0 unspecified atom stereocenters. The monoisotopic (exact) mass is 334 g/mol. The normalized spacial score (nSPS) is 11.8. The molecule has 0 bridgehead atoms. The summed E-state index contributed by atoms with van der Waals surface area (Å²) in [5, 5.41) is 13.0. The van der Waals surface area contributed by atoms with Crippen molar-refractivity contribution in [1.29, 1.82) is 0 Å². The van der Waals surface area contributed by atoms with E-state index >= 15 is 0 Å². The number of carboxylic acid groups (broad SMARTS) is 1. The molecule has 0 radical (unpaired) electrons. The number of nitrogens with one attached hydrogen (secondary N) is 1. The average Bonchev–Trinajstić information content (AvgIpc) is 2.69. The number of hydrogen-bond acceptors (Lipinski definition) is 4. The molecular formula is C10H11BrN2O4S. The van der Waals surface area contributed by atoms with Gasteiger partial charge in [0.1, 0.15) is 10.9 Å². The third-order valence-corrected chi connectivity index (χ3v) is 3.94. The topological polar surface area (TPSA) is 109 Å². The molecule has 1 rings (SSSR count). The van der Waals surface area contributed by atoms with Gasteiger partial charge in [-0.05, 0) is 33.8 Å². The standard InChI is InChI=1S/C10H11BrN2O4S/c11-5-3-4-18-8(5)9(15)13-6(10(16)17)1-2-7(12)14/h3-4,6H,1-2H2,(H2,12,14)(H,13,15)(H,16,17)/t6-/m0/s1. The maximum Gasteiger partial charge on any atom is 0.326 e. The van der Waals surface area contributed by atoms with E-state index in [1.807, 2.05) is 0 Å². The summed E-state index contributed by atoms with van der Waals surface area (Å²) in [4.78, 5) is 33.7. The van der Waals surface area contributed by atoms with Gasteiger partial charge in [-0.2, -0.15) is 0 Å². The van der Waals surface area contributed by atoms with Crippen molar-refractivity contribution in [3.8, 4) is 0 Å². The van der Waals surface area contributed by atoms with Gasteiger partial charge < -0.3 is 16.2 Å². The second-order valence-corrected chi connectivity index (χ2v) is 5.24. The van der Waals surface area contributed by atoms with Crippen LogP contribution >= 0.6 is 27.3 Å². The van der Waals surface area contributed by atoms with Crippen molar-refractivity contribution in [2.24, 2.45) is 5.73 Å². The molecule has 6 nitrogen and oxygen atoms in total. The van der Waals surface area contributed by atoms with Crippen LogP contribution in [0.1, 0.15) is 22.5 Å². The molecule has 18 heavy (non-hydrogen) atoms. The predicted octanol–water partition coefficient (Wildman–Crippen LogP) is 0.959. The van der Waals surface area contributed by atoms with Crippen LogP contribution in [-0.2, 0) is 9.59 Å². The van der Waals surface area contributed by atoms with Gasteiger partial charge in [0.15, 0.2) is 0 Å². The van der Waals surface area contributed by atoms with E-state index in [4.69, 9.17) is 10.8 Å². The Morgan fingerprint density at radius 3 is 2.61 bits per heavy atom. The largest absolute Gasteiger partial charge is 0.480 e. The second kappa shape index (κ2) is 6.50. The van der Waals surface area contributed by atoms with E-state index < -0.39 is 23.8 Å². The molecule has 0 aliphatic carbocycles. The minimum absolute atomic E-state index is 0.0284. The van der Waals surface area contributed by atoms with Crippen LogP contribution in [0.5, 0.6) is 0 Å². The average molecular weight is 335 g/mol. The minimum atomic E-state index is -1.20. The number of primary amides is 1. The molecule has 1 aromatic rings. The van der Waals surface area contributed by atoms with Crippen molar-refractivity contribution in [3.05, 3.63) is 20.8 Å². The second-order valence-electron chi connectivity index (χ2n) is 3.47. The molecule has 1 aromatic heterocycles. The summed E-state index contributed by atoms with van der Waals surface area (Å²) in [6, 6.07) is 0.567. The number of carboxylic acids is 1. The summed E-state index contributed by atoms with van der Waals surface area (Å²) >= 11 is 4.38. The number of hydrogen-bond donors (Lipinski definition) is 3. The lowest BCUT2D eigenvalue weighted by atomic mass is 10.1. The van der Waals surface area contributed by atoms with Crippen molar-refractivity contribution in [2.45, 2.75) is 18.9 Å². The molecule has 0 fully saturated rings. The van der Waals surface area contributed by atoms with Gasteiger partial charge in [0, 0.05) is 10.9 Å². The minimum Gasteiger partial charge on any atom is -0.480 e. The van der Waals surface area contributed by atoms with E-state index in [2.05, 4.69) is 21.2 Å². The number of halogens is 1. The summed E-state index contributed by atoms with van der Waals surface area (Å²) in [5.41, 5.74) is 4.94. The molecule has 0 aromatic carbocycles. The van der Waals surface area contributed by atoms with Crippen LogP contribution in [0.2, 0.25) is 0 Å². The summed E-state index contributed by atoms with van der Waals surface area (Å²) in [7, 11) is 0. The molecule has 8 heteroatoms. The maximum atomic E-state index is 11.8. The molecule has 2 amide bonds. The first-order valence-electron chi connectivity index (χ1n) is 4.96. The highest BCUT2D eigenvalue weighted by atomic mass is 79.9. The number of carbonyl (C=O) groups is 3. The third kappa shape index (κ3) is 4.11. The fourth-order valence-electron chi connectivity index (χ4n) is 1.22. The van der Waals surface area contributed by atoms with Gasteiger partial charge in [-0.1, -0.05) is 0 Å². The molecule has 0 aliphatic rings. The highest BCUT2D eigenvalue weighted by Gasteiger charge is 2.22. The molecule has 0 saturated carbocycles. The van der Waals surface area contributed by atoms with Crippen LogP contribution in [-0.4, -0.2) is 28.9 Å². The SMILES string of the molecule is NC(=O)CC[C@H](NC(=O)c1sccc1Br)C(=O)O. The number of carbonyl (C=O) groups excluding carboxylic acids is 2. The molecule has 0 aliphatic heterocycles. The van der Waals surface area contributed by atoms with E-state index in [0.29, 0.717) is 9.35 Å². The van der Waals surface area contributed by atoms with Crippen LogP contribution in [0.3, 0.4) is 0 Å². The van der Waals surface area contributed by atoms with Crippen LogP contribution in [0.25, 0.3) is 0 Å². The summed E-state index contributed by atoms with van der Waals surface area (Å²) in [6.45, 7) is 0. The van der Waals surface area contributed by atoms with E-state index in [-0.39, 0.29) is 12.8 Å². The van der Waals surface area contributed by atoms with Crippen LogP contribution in [0.15, 0.2) is 15.9 Å². The smallest absolute Gasteiger partial charge is 0.326 e. The highest BCUT2D eigenvalue weighted by Crippen LogP contribution is 2.22. The zero-order chi connectivity index (χ0) is 13.7. The van der Waals surface area contributed by atoms with E-state index in [1.165, 1.54) is 11.3 Å². The first-order valence-corrected chi connectivity index (χ1v) is 6.64. The Morgan fingerprint density at radius 1 is 1.50 bits per heavy atom. The first kappa shape index (κ1) is 14.7. The molecule has 1 atom stereocenters. The molecule has 98 valence electrons. The molecule has 0 spiro atoms. The number of rotatable bonds is 6. The van der Waals surface area contributed by atoms with E-state index in [9.17, 15) is 14.4 Å². The Labute approximate surface area is 115 Å².